The van der Waals surface area contributed by atoms with Crippen molar-refractivity contribution in [3.8, 4) is 0 Å². The van der Waals surface area contributed by atoms with Gasteiger partial charge in [0.05, 0.1) is 11.7 Å². The van der Waals surface area contributed by atoms with Crippen molar-refractivity contribution < 1.29 is 4.39 Å². The van der Waals surface area contributed by atoms with E-state index in [9.17, 15) is 4.39 Å². The van der Waals surface area contributed by atoms with Gasteiger partial charge in [-0.15, -0.1) is 0 Å². The second kappa shape index (κ2) is 9.04. The van der Waals surface area contributed by atoms with E-state index in [-0.39, 0.29) is 0 Å². The van der Waals surface area contributed by atoms with Crippen molar-refractivity contribution >= 4 is 0 Å². The SMILES string of the molecule is Fc1ncccc1CNCc1ccc(CNC2CCCc3cccnc32)cc1. The van der Waals surface area contributed by atoms with Crippen LogP contribution in [-0.2, 0) is 26.1 Å². The Kier molecular flexibility index (Phi) is 6.04. The molecule has 2 heterocycles. The number of fused-ring (bicyclic) bond motifs is 1. The molecule has 1 aliphatic rings. The van der Waals surface area contributed by atoms with Crippen LogP contribution < -0.4 is 10.6 Å². The molecule has 0 amide bonds. The first-order valence-electron chi connectivity index (χ1n) is 9.85. The normalized spacial score (nSPS) is 16.0. The molecule has 1 unspecified atom stereocenters. The van der Waals surface area contributed by atoms with E-state index in [1.807, 2.05) is 12.3 Å². The van der Waals surface area contributed by atoms with E-state index < -0.39 is 5.95 Å². The number of hydrogen-bond donors (Lipinski definition) is 2. The first kappa shape index (κ1) is 18.7. The van der Waals surface area contributed by atoms with Crippen LogP contribution in [0.5, 0.6) is 0 Å². The van der Waals surface area contributed by atoms with Gasteiger partial charge in [-0.05, 0) is 48.1 Å². The molecule has 1 atom stereocenters. The molecule has 0 aliphatic heterocycles. The van der Waals surface area contributed by atoms with Crippen LogP contribution in [0.25, 0.3) is 0 Å². The van der Waals surface area contributed by atoms with Crippen molar-refractivity contribution in [3.05, 3.63) is 94.8 Å². The summed E-state index contributed by atoms with van der Waals surface area (Å²) in [5, 5.41) is 6.93. The average molecular weight is 376 g/mol. The Hall–Kier alpha value is -2.63. The first-order chi connectivity index (χ1) is 13.8. The first-order valence-corrected chi connectivity index (χ1v) is 9.85. The smallest absolute Gasteiger partial charge is 0.217 e. The highest BCUT2D eigenvalue weighted by Gasteiger charge is 2.20. The molecule has 0 saturated carbocycles. The summed E-state index contributed by atoms with van der Waals surface area (Å²) < 4.78 is 13.5. The molecular weight excluding hydrogens is 351 g/mol. The summed E-state index contributed by atoms with van der Waals surface area (Å²) >= 11 is 0. The molecule has 0 spiro atoms. The van der Waals surface area contributed by atoms with Gasteiger partial charge in [0.25, 0.3) is 0 Å². The van der Waals surface area contributed by atoms with Crippen molar-refractivity contribution in [2.45, 2.75) is 44.9 Å². The Balaban J connectivity index is 1.28. The molecule has 4 nitrogen and oxygen atoms in total. The number of aryl methyl sites for hydroxylation is 1. The zero-order valence-electron chi connectivity index (χ0n) is 15.9. The van der Waals surface area contributed by atoms with Crippen LogP contribution in [0, 0.1) is 5.95 Å². The highest BCUT2D eigenvalue weighted by Crippen LogP contribution is 2.27. The minimum Gasteiger partial charge on any atom is -0.308 e. The van der Waals surface area contributed by atoms with Gasteiger partial charge in [0, 0.05) is 37.6 Å². The Bertz CT molecular complexity index is 910. The van der Waals surface area contributed by atoms with E-state index >= 15 is 0 Å². The number of nitrogens with one attached hydrogen (secondary N) is 2. The van der Waals surface area contributed by atoms with Crippen molar-refractivity contribution in [2.75, 3.05) is 0 Å². The lowest BCUT2D eigenvalue weighted by Gasteiger charge is -2.25. The number of aromatic nitrogens is 2. The monoisotopic (exact) mass is 376 g/mol. The lowest BCUT2D eigenvalue weighted by Crippen LogP contribution is -2.25. The predicted octanol–water partition coefficient (Wildman–Crippen LogP) is 4.07. The number of rotatable bonds is 7. The van der Waals surface area contributed by atoms with E-state index in [1.165, 1.54) is 35.0 Å². The number of pyridine rings is 2. The van der Waals surface area contributed by atoms with E-state index in [0.29, 0.717) is 24.7 Å². The largest absolute Gasteiger partial charge is 0.308 e. The second-order valence-corrected chi connectivity index (χ2v) is 7.25. The lowest BCUT2D eigenvalue weighted by molar-refractivity contribution is 0.447. The van der Waals surface area contributed by atoms with Gasteiger partial charge in [0.2, 0.25) is 5.95 Å². The molecule has 3 aromatic rings. The zero-order valence-corrected chi connectivity index (χ0v) is 15.9. The standard InChI is InChI=1S/C23H25FN4/c24-23-20(6-3-13-27-23)16-25-14-17-8-10-18(11-9-17)15-28-21-7-1-4-19-5-2-12-26-22(19)21/h2-3,5-6,8-13,21,25,28H,1,4,7,14-16H2. The predicted molar refractivity (Wildman–Crippen MR) is 108 cm³/mol. The topological polar surface area (TPSA) is 49.8 Å². The number of hydrogen-bond acceptors (Lipinski definition) is 4. The molecule has 0 fully saturated rings. The van der Waals surface area contributed by atoms with Crippen LogP contribution in [-0.4, -0.2) is 9.97 Å². The van der Waals surface area contributed by atoms with Gasteiger partial charge in [-0.2, -0.15) is 4.39 Å². The van der Waals surface area contributed by atoms with Gasteiger partial charge < -0.3 is 10.6 Å². The fourth-order valence-corrected chi connectivity index (χ4v) is 3.72. The van der Waals surface area contributed by atoms with Gasteiger partial charge in [0.1, 0.15) is 0 Å². The third-order valence-corrected chi connectivity index (χ3v) is 5.25. The number of halogens is 1. The van der Waals surface area contributed by atoms with Crippen LogP contribution in [0.15, 0.2) is 60.9 Å². The Labute approximate surface area is 165 Å². The fourth-order valence-electron chi connectivity index (χ4n) is 3.72. The molecule has 1 aliphatic carbocycles. The maximum atomic E-state index is 13.5. The average Bonchev–Trinajstić information content (AvgIpc) is 2.74. The Morgan fingerprint density at radius 2 is 1.64 bits per heavy atom. The molecule has 5 heteroatoms. The van der Waals surface area contributed by atoms with E-state index in [0.717, 1.165) is 19.4 Å². The molecule has 0 radical (unpaired) electrons. The second-order valence-electron chi connectivity index (χ2n) is 7.25. The highest BCUT2D eigenvalue weighted by molar-refractivity contribution is 5.26. The minimum absolute atomic E-state index is 0.334. The summed E-state index contributed by atoms with van der Waals surface area (Å²) in [4.78, 5) is 8.26. The molecule has 0 saturated heterocycles. The lowest BCUT2D eigenvalue weighted by atomic mass is 9.92. The van der Waals surface area contributed by atoms with Crippen LogP contribution in [0.2, 0.25) is 0 Å². The summed E-state index contributed by atoms with van der Waals surface area (Å²) in [5.41, 5.74) is 5.60. The van der Waals surface area contributed by atoms with Crippen LogP contribution in [0.3, 0.4) is 0 Å². The fraction of sp³-hybridized carbons (Fsp3) is 0.304. The third-order valence-electron chi connectivity index (χ3n) is 5.25. The van der Waals surface area contributed by atoms with E-state index in [4.69, 9.17) is 0 Å². The van der Waals surface area contributed by atoms with Crippen molar-refractivity contribution in [3.63, 3.8) is 0 Å². The van der Waals surface area contributed by atoms with Gasteiger partial charge in [-0.1, -0.05) is 36.4 Å². The molecule has 28 heavy (non-hydrogen) atoms. The summed E-state index contributed by atoms with van der Waals surface area (Å²) in [5.74, 6) is -0.407. The van der Waals surface area contributed by atoms with Gasteiger partial charge in [0.15, 0.2) is 0 Å². The van der Waals surface area contributed by atoms with Crippen LogP contribution >= 0.6 is 0 Å². The third kappa shape index (κ3) is 4.61. The highest BCUT2D eigenvalue weighted by atomic mass is 19.1. The van der Waals surface area contributed by atoms with Crippen molar-refractivity contribution in [1.82, 2.24) is 20.6 Å². The molecular formula is C23H25FN4. The van der Waals surface area contributed by atoms with E-state index in [2.05, 4.69) is 50.9 Å². The quantitative estimate of drug-likeness (QED) is 0.610. The van der Waals surface area contributed by atoms with Crippen molar-refractivity contribution in [1.29, 1.82) is 0 Å². The maximum Gasteiger partial charge on any atom is 0.217 e. The summed E-state index contributed by atoms with van der Waals surface area (Å²) in [6.45, 7) is 1.99. The van der Waals surface area contributed by atoms with Crippen LogP contribution in [0.4, 0.5) is 4.39 Å². The summed E-state index contributed by atoms with van der Waals surface area (Å²) in [6, 6.07) is 16.6. The number of nitrogens with zero attached hydrogens (tertiary/aromatic N) is 2. The summed E-state index contributed by atoms with van der Waals surface area (Å²) in [6.07, 6.45) is 6.83. The Morgan fingerprint density at radius 1 is 0.893 bits per heavy atom. The van der Waals surface area contributed by atoms with Gasteiger partial charge in [-0.25, -0.2) is 4.98 Å². The van der Waals surface area contributed by atoms with Gasteiger partial charge >= 0.3 is 0 Å². The van der Waals surface area contributed by atoms with Gasteiger partial charge in [-0.3, -0.25) is 4.98 Å². The van der Waals surface area contributed by atoms with Crippen LogP contribution in [0.1, 0.15) is 46.8 Å². The number of benzene rings is 1. The molecule has 0 bridgehead atoms. The molecule has 2 aromatic heterocycles. The molecule has 4 rings (SSSR count). The molecule has 2 N–H and O–H groups in total. The van der Waals surface area contributed by atoms with E-state index in [1.54, 1.807) is 12.1 Å². The zero-order chi connectivity index (χ0) is 19.2. The molecule has 144 valence electrons. The molecule has 1 aromatic carbocycles. The maximum absolute atomic E-state index is 13.5. The minimum atomic E-state index is -0.407. The van der Waals surface area contributed by atoms with Crippen molar-refractivity contribution in [2.24, 2.45) is 0 Å². The summed E-state index contributed by atoms with van der Waals surface area (Å²) in [7, 11) is 0. The Morgan fingerprint density at radius 3 is 2.46 bits per heavy atom.